The van der Waals surface area contributed by atoms with Crippen molar-refractivity contribution in [2.45, 2.75) is 12.7 Å². The molecular weight excluding hydrogens is 247 g/mol. The molecule has 2 aromatic heterocycles. The van der Waals surface area contributed by atoms with Crippen molar-refractivity contribution >= 4 is 5.82 Å². The molecule has 2 heterocycles. The zero-order valence-electron chi connectivity index (χ0n) is 9.86. The topological polar surface area (TPSA) is 47.7 Å². The summed E-state index contributed by atoms with van der Waals surface area (Å²) in [4.78, 5) is 0. The van der Waals surface area contributed by atoms with Gasteiger partial charge in [-0.25, -0.2) is 0 Å². The summed E-state index contributed by atoms with van der Waals surface area (Å²) in [6.45, 7) is 0.212. The first-order valence-corrected chi connectivity index (χ1v) is 5.20. The summed E-state index contributed by atoms with van der Waals surface area (Å²) in [5.74, 6) is 0.717. The molecule has 0 aromatic carbocycles. The van der Waals surface area contributed by atoms with Crippen LogP contribution in [0, 0.1) is 0 Å². The molecular formula is C10H12F3N5. The first-order chi connectivity index (χ1) is 8.38. The van der Waals surface area contributed by atoms with E-state index in [-0.39, 0.29) is 6.54 Å². The second-order valence-corrected chi connectivity index (χ2v) is 3.84. The summed E-state index contributed by atoms with van der Waals surface area (Å²) in [7, 11) is 3.01. The van der Waals surface area contributed by atoms with Crippen LogP contribution in [-0.4, -0.2) is 19.6 Å². The molecule has 2 aromatic rings. The molecule has 0 fully saturated rings. The quantitative estimate of drug-likeness (QED) is 0.914. The maximum atomic E-state index is 12.5. The van der Waals surface area contributed by atoms with Gasteiger partial charge < -0.3 is 5.32 Å². The van der Waals surface area contributed by atoms with Crippen molar-refractivity contribution < 1.29 is 13.2 Å². The number of halogens is 3. The lowest BCUT2D eigenvalue weighted by molar-refractivity contribution is -0.143. The number of alkyl halides is 3. The zero-order chi connectivity index (χ0) is 13.3. The fourth-order valence-electron chi connectivity index (χ4n) is 1.61. The maximum Gasteiger partial charge on any atom is 0.433 e. The van der Waals surface area contributed by atoms with Gasteiger partial charge in [0.1, 0.15) is 11.5 Å². The molecule has 18 heavy (non-hydrogen) atoms. The second kappa shape index (κ2) is 4.35. The second-order valence-electron chi connectivity index (χ2n) is 3.84. The number of hydrogen-bond acceptors (Lipinski definition) is 3. The Morgan fingerprint density at radius 1 is 1.28 bits per heavy atom. The molecule has 0 amide bonds. The number of rotatable bonds is 3. The van der Waals surface area contributed by atoms with E-state index in [1.807, 2.05) is 0 Å². The van der Waals surface area contributed by atoms with Crippen LogP contribution in [0.3, 0.4) is 0 Å². The zero-order valence-corrected chi connectivity index (χ0v) is 9.86. The SMILES string of the molecule is Cn1nccc1NCc1cc(C(F)(F)F)n(C)n1. The molecule has 0 aliphatic heterocycles. The lowest BCUT2D eigenvalue weighted by Crippen LogP contribution is -2.11. The molecule has 5 nitrogen and oxygen atoms in total. The highest BCUT2D eigenvalue weighted by atomic mass is 19.4. The predicted octanol–water partition coefficient (Wildman–Crippen LogP) is 1.78. The Bertz CT molecular complexity index is 540. The maximum absolute atomic E-state index is 12.5. The molecule has 98 valence electrons. The highest BCUT2D eigenvalue weighted by molar-refractivity contribution is 5.34. The molecule has 0 spiro atoms. The fraction of sp³-hybridized carbons (Fsp3) is 0.400. The molecule has 8 heteroatoms. The van der Waals surface area contributed by atoms with Gasteiger partial charge in [0.15, 0.2) is 0 Å². The van der Waals surface area contributed by atoms with Crippen LogP contribution in [0.1, 0.15) is 11.4 Å². The highest BCUT2D eigenvalue weighted by Crippen LogP contribution is 2.29. The number of hydrogen-bond donors (Lipinski definition) is 1. The molecule has 0 aliphatic carbocycles. The minimum Gasteiger partial charge on any atom is -0.365 e. The minimum atomic E-state index is -4.38. The average molecular weight is 259 g/mol. The van der Waals surface area contributed by atoms with Crippen LogP contribution in [0.2, 0.25) is 0 Å². The van der Waals surface area contributed by atoms with E-state index in [1.165, 1.54) is 7.05 Å². The first kappa shape index (κ1) is 12.5. The molecule has 0 aliphatic rings. The molecule has 1 N–H and O–H groups in total. The third-order valence-corrected chi connectivity index (χ3v) is 2.49. The van der Waals surface area contributed by atoms with Crippen LogP contribution in [0.5, 0.6) is 0 Å². The number of anilines is 1. The van der Waals surface area contributed by atoms with Gasteiger partial charge in [-0.2, -0.15) is 23.4 Å². The van der Waals surface area contributed by atoms with Crippen molar-refractivity contribution in [1.29, 1.82) is 0 Å². The van der Waals surface area contributed by atoms with Crippen LogP contribution >= 0.6 is 0 Å². The van der Waals surface area contributed by atoms with Crippen molar-refractivity contribution in [2.75, 3.05) is 5.32 Å². The molecule has 0 unspecified atom stereocenters. The van der Waals surface area contributed by atoms with E-state index in [0.717, 1.165) is 10.7 Å². The molecule has 0 saturated heterocycles. The molecule has 0 saturated carbocycles. The summed E-state index contributed by atoms with van der Waals surface area (Å²) >= 11 is 0. The van der Waals surface area contributed by atoms with E-state index in [9.17, 15) is 13.2 Å². The Labute approximate surface area is 101 Å². The first-order valence-electron chi connectivity index (χ1n) is 5.20. The van der Waals surface area contributed by atoms with Gasteiger partial charge in [0.05, 0.1) is 18.4 Å². The summed E-state index contributed by atoms with van der Waals surface area (Å²) < 4.78 is 40.1. The number of nitrogens with one attached hydrogen (secondary N) is 1. The summed E-state index contributed by atoms with van der Waals surface area (Å²) in [5.41, 5.74) is -0.435. The Kier molecular flexibility index (Phi) is 3.02. The summed E-state index contributed by atoms with van der Waals surface area (Å²) in [5, 5.41) is 10.7. The van der Waals surface area contributed by atoms with E-state index >= 15 is 0 Å². The van der Waals surface area contributed by atoms with Crippen molar-refractivity contribution in [3.05, 3.63) is 29.7 Å². The van der Waals surface area contributed by atoms with E-state index in [0.29, 0.717) is 11.5 Å². The van der Waals surface area contributed by atoms with Crippen LogP contribution in [0.25, 0.3) is 0 Å². The Morgan fingerprint density at radius 3 is 2.50 bits per heavy atom. The van der Waals surface area contributed by atoms with Gasteiger partial charge in [0.2, 0.25) is 0 Å². The number of aryl methyl sites for hydroxylation is 2. The molecule has 0 bridgehead atoms. The lowest BCUT2D eigenvalue weighted by Gasteiger charge is -2.04. The third-order valence-electron chi connectivity index (χ3n) is 2.49. The molecule has 0 atom stereocenters. The Balaban J connectivity index is 2.10. The van der Waals surface area contributed by atoms with Crippen molar-refractivity contribution in [3.63, 3.8) is 0 Å². The smallest absolute Gasteiger partial charge is 0.365 e. The van der Waals surface area contributed by atoms with Crippen molar-refractivity contribution in [3.8, 4) is 0 Å². The molecule has 0 radical (unpaired) electrons. The highest BCUT2D eigenvalue weighted by Gasteiger charge is 2.34. The van der Waals surface area contributed by atoms with Gasteiger partial charge in [-0.05, 0) is 6.07 Å². The van der Waals surface area contributed by atoms with E-state index in [4.69, 9.17) is 0 Å². The van der Waals surface area contributed by atoms with E-state index in [1.54, 1.807) is 24.0 Å². The lowest BCUT2D eigenvalue weighted by atomic mass is 10.3. The number of nitrogens with zero attached hydrogens (tertiary/aromatic N) is 4. The predicted molar refractivity (Wildman–Crippen MR) is 58.7 cm³/mol. The van der Waals surface area contributed by atoms with Crippen molar-refractivity contribution in [1.82, 2.24) is 19.6 Å². The third kappa shape index (κ3) is 2.47. The monoisotopic (exact) mass is 259 g/mol. The van der Waals surface area contributed by atoms with Gasteiger partial charge in [0, 0.05) is 20.2 Å². The van der Waals surface area contributed by atoms with Crippen molar-refractivity contribution in [2.24, 2.45) is 14.1 Å². The van der Waals surface area contributed by atoms with Gasteiger partial charge in [-0.3, -0.25) is 9.36 Å². The van der Waals surface area contributed by atoms with E-state index in [2.05, 4.69) is 15.5 Å². The fourth-order valence-corrected chi connectivity index (χ4v) is 1.61. The number of aromatic nitrogens is 4. The van der Waals surface area contributed by atoms with Crippen LogP contribution in [-0.2, 0) is 26.8 Å². The summed E-state index contributed by atoms with van der Waals surface area (Å²) in [6.07, 6.45) is -2.78. The minimum absolute atomic E-state index is 0.212. The Morgan fingerprint density at radius 2 is 2.00 bits per heavy atom. The Hall–Kier alpha value is -1.99. The normalized spacial score (nSPS) is 11.8. The molecule has 2 rings (SSSR count). The van der Waals surface area contributed by atoms with Gasteiger partial charge in [-0.1, -0.05) is 0 Å². The van der Waals surface area contributed by atoms with Gasteiger partial charge in [-0.15, -0.1) is 0 Å². The van der Waals surface area contributed by atoms with Gasteiger partial charge >= 0.3 is 6.18 Å². The van der Waals surface area contributed by atoms with Crippen LogP contribution in [0.15, 0.2) is 18.3 Å². The summed E-state index contributed by atoms with van der Waals surface area (Å²) in [6, 6.07) is 2.76. The van der Waals surface area contributed by atoms with Crippen LogP contribution in [0.4, 0.5) is 19.0 Å². The standard InChI is InChI=1S/C10H12F3N5/c1-17-8(10(11,12)13)5-7(16-17)6-14-9-3-4-15-18(9)2/h3-5,14H,6H2,1-2H3. The average Bonchev–Trinajstić information content (AvgIpc) is 2.81. The van der Waals surface area contributed by atoms with Gasteiger partial charge in [0.25, 0.3) is 0 Å². The van der Waals surface area contributed by atoms with E-state index < -0.39 is 11.9 Å². The largest absolute Gasteiger partial charge is 0.433 e. The van der Waals surface area contributed by atoms with Crippen LogP contribution < -0.4 is 5.32 Å².